The third-order valence-corrected chi connectivity index (χ3v) is 4.37. The molecular formula is C15H16ClIN4. The molecule has 21 heavy (non-hydrogen) atoms. The summed E-state index contributed by atoms with van der Waals surface area (Å²) in [7, 11) is 0. The number of halogens is 2. The summed E-state index contributed by atoms with van der Waals surface area (Å²) >= 11 is 8.26. The number of nitrogens with one attached hydrogen (secondary N) is 2. The van der Waals surface area contributed by atoms with Crippen molar-refractivity contribution in [2.24, 2.45) is 0 Å². The number of hydrogen-bond acceptors (Lipinski definition) is 4. The van der Waals surface area contributed by atoms with Gasteiger partial charge in [0, 0.05) is 27.1 Å². The molecule has 110 valence electrons. The van der Waals surface area contributed by atoms with Crippen molar-refractivity contribution in [1.29, 1.82) is 0 Å². The van der Waals surface area contributed by atoms with Crippen LogP contribution in [0.25, 0.3) is 0 Å². The lowest BCUT2D eigenvalue weighted by Crippen LogP contribution is -2.06. The Morgan fingerprint density at radius 2 is 2.00 bits per heavy atom. The minimum Gasteiger partial charge on any atom is -0.370 e. The van der Waals surface area contributed by atoms with Crippen LogP contribution in [0.3, 0.4) is 0 Å². The largest absolute Gasteiger partial charge is 0.370 e. The molecule has 6 heteroatoms. The van der Waals surface area contributed by atoms with Crippen LogP contribution in [-0.2, 0) is 0 Å². The second-order valence-electron chi connectivity index (χ2n) is 5.05. The Morgan fingerprint density at radius 1 is 1.24 bits per heavy atom. The van der Waals surface area contributed by atoms with Crippen molar-refractivity contribution in [1.82, 2.24) is 9.97 Å². The smallest absolute Gasteiger partial charge is 0.136 e. The standard InChI is InChI=1S/C15H16ClIN4/c1-2-18-13-8-14(21-15(20-13)9-3-4-9)19-12-6-5-10(16)7-11(12)17/h5-9H,2-4H2,1H3,(H2,18,19,20,21). The van der Waals surface area contributed by atoms with E-state index in [-0.39, 0.29) is 0 Å². The zero-order valence-corrected chi connectivity index (χ0v) is 14.6. The molecule has 1 aromatic carbocycles. The molecule has 4 nitrogen and oxygen atoms in total. The number of benzene rings is 1. The molecule has 1 aliphatic rings. The van der Waals surface area contributed by atoms with E-state index in [2.05, 4.69) is 50.1 Å². The van der Waals surface area contributed by atoms with Crippen molar-refractivity contribution in [2.45, 2.75) is 25.7 Å². The van der Waals surface area contributed by atoms with E-state index in [0.29, 0.717) is 5.92 Å². The molecule has 0 aliphatic heterocycles. The number of aromatic nitrogens is 2. The van der Waals surface area contributed by atoms with Gasteiger partial charge in [0.15, 0.2) is 0 Å². The maximum atomic E-state index is 5.99. The Morgan fingerprint density at radius 3 is 2.67 bits per heavy atom. The Hall–Kier alpha value is -1.08. The van der Waals surface area contributed by atoms with Crippen molar-refractivity contribution < 1.29 is 0 Å². The fraction of sp³-hybridized carbons (Fsp3) is 0.333. The summed E-state index contributed by atoms with van der Waals surface area (Å²) < 4.78 is 1.07. The van der Waals surface area contributed by atoms with Crippen molar-refractivity contribution in [3.63, 3.8) is 0 Å². The van der Waals surface area contributed by atoms with Gasteiger partial charge in [-0.3, -0.25) is 0 Å². The van der Waals surface area contributed by atoms with Crippen molar-refractivity contribution >= 4 is 51.5 Å². The average molecular weight is 415 g/mol. The molecule has 0 bridgehead atoms. The molecule has 1 fully saturated rings. The van der Waals surface area contributed by atoms with Crippen LogP contribution in [-0.4, -0.2) is 16.5 Å². The Balaban J connectivity index is 1.89. The molecule has 0 atom stereocenters. The molecule has 0 amide bonds. The van der Waals surface area contributed by atoms with Gasteiger partial charge < -0.3 is 10.6 Å². The number of hydrogen-bond donors (Lipinski definition) is 2. The first-order chi connectivity index (χ1) is 10.2. The first kappa shape index (κ1) is 14.8. The summed E-state index contributed by atoms with van der Waals surface area (Å²) in [5.74, 6) is 3.15. The van der Waals surface area contributed by atoms with E-state index in [9.17, 15) is 0 Å². The van der Waals surface area contributed by atoms with Gasteiger partial charge in [-0.2, -0.15) is 0 Å². The number of anilines is 3. The monoisotopic (exact) mass is 414 g/mol. The number of nitrogens with zero attached hydrogens (tertiary/aromatic N) is 2. The minimum absolute atomic E-state index is 0.522. The van der Waals surface area contributed by atoms with Gasteiger partial charge >= 0.3 is 0 Å². The minimum atomic E-state index is 0.522. The molecule has 0 unspecified atom stereocenters. The second kappa shape index (κ2) is 6.36. The normalized spacial score (nSPS) is 14.0. The van der Waals surface area contributed by atoms with Gasteiger partial charge in [-0.25, -0.2) is 9.97 Å². The summed E-state index contributed by atoms with van der Waals surface area (Å²) in [5, 5.41) is 7.37. The fourth-order valence-corrected chi connectivity index (χ4v) is 3.06. The van der Waals surface area contributed by atoms with Crippen LogP contribution < -0.4 is 10.6 Å². The van der Waals surface area contributed by atoms with Crippen LogP contribution in [0, 0.1) is 3.57 Å². The lowest BCUT2D eigenvalue weighted by atomic mass is 10.3. The molecule has 1 saturated carbocycles. The van der Waals surface area contributed by atoms with Crippen LogP contribution in [0.2, 0.25) is 5.02 Å². The van der Waals surface area contributed by atoms with Gasteiger partial charge in [-0.15, -0.1) is 0 Å². The quantitative estimate of drug-likeness (QED) is 0.691. The highest BCUT2D eigenvalue weighted by atomic mass is 127. The Labute approximate surface area is 142 Å². The van der Waals surface area contributed by atoms with E-state index >= 15 is 0 Å². The van der Waals surface area contributed by atoms with E-state index in [1.807, 2.05) is 24.3 Å². The van der Waals surface area contributed by atoms with E-state index in [4.69, 9.17) is 11.6 Å². The fourth-order valence-electron chi connectivity index (χ4n) is 2.05. The maximum absolute atomic E-state index is 5.99. The molecule has 1 heterocycles. The van der Waals surface area contributed by atoms with Crippen molar-refractivity contribution in [3.8, 4) is 0 Å². The average Bonchev–Trinajstić information content (AvgIpc) is 3.27. The van der Waals surface area contributed by atoms with Gasteiger partial charge in [0.2, 0.25) is 0 Å². The highest BCUT2D eigenvalue weighted by molar-refractivity contribution is 14.1. The highest BCUT2D eigenvalue weighted by Gasteiger charge is 2.27. The molecule has 3 rings (SSSR count). The van der Waals surface area contributed by atoms with Crippen LogP contribution in [0.5, 0.6) is 0 Å². The van der Waals surface area contributed by atoms with Gasteiger partial charge in [0.25, 0.3) is 0 Å². The first-order valence-corrected chi connectivity index (χ1v) is 8.46. The summed E-state index contributed by atoms with van der Waals surface area (Å²) in [4.78, 5) is 9.22. The number of rotatable bonds is 5. The van der Waals surface area contributed by atoms with Gasteiger partial charge in [0.05, 0.1) is 5.69 Å². The van der Waals surface area contributed by atoms with E-state index in [1.165, 1.54) is 12.8 Å². The van der Waals surface area contributed by atoms with Gasteiger partial charge in [-0.05, 0) is 60.6 Å². The third-order valence-electron chi connectivity index (χ3n) is 3.24. The predicted octanol–water partition coefficient (Wildman–Crippen LogP) is 4.79. The maximum Gasteiger partial charge on any atom is 0.136 e. The molecule has 0 spiro atoms. The Bertz CT molecular complexity index is 658. The lowest BCUT2D eigenvalue weighted by Gasteiger charge is -2.11. The van der Waals surface area contributed by atoms with Crippen LogP contribution >= 0.6 is 34.2 Å². The summed E-state index contributed by atoms with van der Waals surface area (Å²) in [6, 6.07) is 7.72. The van der Waals surface area contributed by atoms with Gasteiger partial charge in [0.1, 0.15) is 17.5 Å². The van der Waals surface area contributed by atoms with Crippen molar-refractivity contribution in [2.75, 3.05) is 17.2 Å². The molecule has 2 N–H and O–H groups in total. The van der Waals surface area contributed by atoms with Crippen LogP contribution in [0.15, 0.2) is 24.3 Å². The molecule has 1 aliphatic carbocycles. The zero-order chi connectivity index (χ0) is 14.8. The molecule has 0 saturated heterocycles. The lowest BCUT2D eigenvalue weighted by molar-refractivity contribution is 0.927. The van der Waals surface area contributed by atoms with Gasteiger partial charge in [-0.1, -0.05) is 11.6 Å². The van der Waals surface area contributed by atoms with Crippen molar-refractivity contribution in [3.05, 3.63) is 38.7 Å². The zero-order valence-electron chi connectivity index (χ0n) is 11.7. The first-order valence-electron chi connectivity index (χ1n) is 7.00. The summed E-state index contributed by atoms with van der Waals surface area (Å²) in [6.45, 7) is 2.91. The van der Waals surface area contributed by atoms with Crippen LogP contribution in [0.4, 0.5) is 17.3 Å². The molecule has 2 aromatic rings. The highest BCUT2D eigenvalue weighted by Crippen LogP contribution is 2.39. The molecular weight excluding hydrogens is 399 g/mol. The second-order valence-corrected chi connectivity index (χ2v) is 6.65. The van der Waals surface area contributed by atoms with E-state index < -0.39 is 0 Å². The topological polar surface area (TPSA) is 49.8 Å². The predicted molar refractivity (Wildman–Crippen MR) is 95.6 cm³/mol. The summed E-state index contributed by atoms with van der Waals surface area (Å²) in [6.07, 6.45) is 2.38. The van der Waals surface area contributed by atoms with E-state index in [0.717, 1.165) is 38.3 Å². The Kier molecular flexibility index (Phi) is 4.49. The van der Waals surface area contributed by atoms with Crippen LogP contribution in [0.1, 0.15) is 31.5 Å². The van der Waals surface area contributed by atoms with E-state index in [1.54, 1.807) is 0 Å². The molecule has 0 radical (unpaired) electrons. The SMILES string of the molecule is CCNc1cc(Nc2ccc(Cl)cc2I)nc(C2CC2)n1. The molecule has 1 aromatic heterocycles. The third kappa shape index (κ3) is 3.77. The summed E-state index contributed by atoms with van der Waals surface area (Å²) in [5.41, 5.74) is 1.00.